The molecule has 2 aliphatic heterocycles. The predicted molar refractivity (Wildman–Crippen MR) is 116 cm³/mol. The molecule has 0 spiro atoms. The van der Waals surface area contributed by atoms with Gasteiger partial charge >= 0.3 is 0 Å². The zero-order valence-corrected chi connectivity index (χ0v) is 17.3. The lowest BCUT2D eigenvalue weighted by atomic mass is 9.97. The summed E-state index contributed by atoms with van der Waals surface area (Å²) in [6, 6.07) is 15.8. The largest absolute Gasteiger partial charge is 0.342 e. The lowest BCUT2D eigenvalue weighted by molar-refractivity contribution is -0.128. The van der Waals surface area contributed by atoms with Crippen molar-refractivity contribution in [2.75, 3.05) is 29.9 Å². The van der Waals surface area contributed by atoms with Crippen molar-refractivity contribution in [2.45, 2.75) is 32.6 Å². The van der Waals surface area contributed by atoms with Crippen LogP contribution in [-0.2, 0) is 27.2 Å². The number of fused-ring (bicyclic) bond motifs is 1. The minimum Gasteiger partial charge on any atom is -0.342 e. The zero-order valence-electron chi connectivity index (χ0n) is 17.3. The number of benzene rings is 2. The maximum atomic E-state index is 13.3. The maximum Gasteiger partial charge on any atom is 0.232 e. The van der Waals surface area contributed by atoms with Crippen molar-refractivity contribution in [3.63, 3.8) is 0 Å². The van der Waals surface area contributed by atoms with Gasteiger partial charge in [0.05, 0.1) is 5.92 Å². The SMILES string of the molecule is CC(=O)Nc1cccc2c1CCCN2C(=O)[C@@H]1CC(=O)N(CCc2ccccc2)C1. The molecule has 0 radical (unpaired) electrons. The topological polar surface area (TPSA) is 69.7 Å². The van der Waals surface area contributed by atoms with Gasteiger partial charge in [-0.3, -0.25) is 14.4 Å². The second kappa shape index (κ2) is 8.69. The van der Waals surface area contributed by atoms with E-state index in [-0.39, 0.29) is 30.1 Å². The normalized spacial score (nSPS) is 18.3. The van der Waals surface area contributed by atoms with Crippen molar-refractivity contribution < 1.29 is 14.4 Å². The number of nitrogens with one attached hydrogen (secondary N) is 1. The van der Waals surface area contributed by atoms with Gasteiger partial charge in [-0.25, -0.2) is 0 Å². The molecular weight excluding hydrogens is 378 g/mol. The van der Waals surface area contributed by atoms with Gasteiger partial charge in [0.2, 0.25) is 17.7 Å². The molecule has 6 heteroatoms. The molecule has 2 aliphatic rings. The Morgan fingerprint density at radius 2 is 1.90 bits per heavy atom. The molecule has 0 bridgehead atoms. The van der Waals surface area contributed by atoms with E-state index in [1.807, 2.05) is 46.2 Å². The van der Waals surface area contributed by atoms with Gasteiger partial charge in [0, 0.05) is 44.4 Å². The molecule has 2 aromatic rings. The number of nitrogens with zero attached hydrogens (tertiary/aromatic N) is 2. The second-order valence-electron chi connectivity index (χ2n) is 8.05. The van der Waals surface area contributed by atoms with Crippen LogP contribution in [-0.4, -0.2) is 42.3 Å². The summed E-state index contributed by atoms with van der Waals surface area (Å²) in [6.45, 7) is 3.24. The van der Waals surface area contributed by atoms with Crippen LogP contribution in [0.15, 0.2) is 48.5 Å². The molecular formula is C24H27N3O3. The fourth-order valence-electron chi connectivity index (χ4n) is 4.44. The Morgan fingerprint density at radius 1 is 1.10 bits per heavy atom. The lowest BCUT2D eigenvalue weighted by Crippen LogP contribution is -2.41. The first kappa shape index (κ1) is 20.1. The molecule has 3 amide bonds. The monoisotopic (exact) mass is 405 g/mol. The highest BCUT2D eigenvalue weighted by molar-refractivity contribution is 6.01. The molecule has 4 rings (SSSR count). The van der Waals surface area contributed by atoms with E-state index in [1.165, 1.54) is 12.5 Å². The summed E-state index contributed by atoms with van der Waals surface area (Å²) in [7, 11) is 0. The summed E-state index contributed by atoms with van der Waals surface area (Å²) >= 11 is 0. The number of hydrogen-bond donors (Lipinski definition) is 1. The van der Waals surface area contributed by atoms with Crippen LogP contribution >= 0.6 is 0 Å². The van der Waals surface area contributed by atoms with Crippen molar-refractivity contribution in [1.29, 1.82) is 0 Å². The quantitative estimate of drug-likeness (QED) is 0.831. The van der Waals surface area contributed by atoms with E-state index in [1.54, 1.807) is 0 Å². The van der Waals surface area contributed by atoms with Gasteiger partial charge in [0.1, 0.15) is 0 Å². The maximum absolute atomic E-state index is 13.3. The van der Waals surface area contributed by atoms with Gasteiger partial charge in [-0.05, 0) is 42.5 Å². The van der Waals surface area contributed by atoms with Gasteiger partial charge in [-0.15, -0.1) is 0 Å². The van der Waals surface area contributed by atoms with Crippen LogP contribution in [0.25, 0.3) is 0 Å². The first-order valence-corrected chi connectivity index (χ1v) is 10.6. The molecule has 30 heavy (non-hydrogen) atoms. The molecule has 0 unspecified atom stereocenters. The average Bonchev–Trinajstić information content (AvgIpc) is 3.12. The van der Waals surface area contributed by atoms with Crippen LogP contribution in [0, 0.1) is 5.92 Å². The molecule has 1 atom stereocenters. The van der Waals surface area contributed by atoms with Crippen molar-refractivity contribution in [2.24, 2.45) is 5.92 Å². The standard InChI is InChI=1S/C24H27N3O3/c1-17(28)25-21-10-5-11-22-20(21)9-6-13-27(22)24(30)19-15-23(29)26(16-19)14-12-18-7-3-2-4-8-18/h2-5,7-8,10-11,19H,6,9,12-16H2,1H3,(H,25,28)/t19-/m1/s1. The van der Waals surface area contributed by atoms with E-state index < -0.39 is 0 Å². The van der Waals surface area contributed by atoms with Crippen molar-refractivity contribution in [3.05, 3.63) is 59.7 Å². The van der Waals surface area contributed by atoms with E-state index in [4.69, 9.17) is 0 Å². The average molecular weight is 405 g/mol. The molecule has 2 aromatic carbocycles. The van der Waals surface area contributed by atoms with Gasteiger partial charge in [-0.2, -0.15) is 0 Å². The third kappa shape index (κ3) is 4.22. The Bertz CT molecular complexity index is 957. The molecule has 6 nitrogen and oxygen atoms in total. The fraction of sp³-hybridized carbons (Fsp3) is 0.375. The summed E-state index contributed by atoms with van der Waals surface area (Å²) in [5.41, 5.74) is 3.81. The van der Waals surface area contributed by atoms with E-state index in [9.17, 15) is 14.4 Å². The minimum absolute atomic E-state index is 0.00601. The van der Waals surface area contributed by atoms with E-state index in [0.717, 1.165) is 36.2 Å². The van der Waals surface area contributed by atoms with Crippen molar-refractivity contribution in [1.82, 2.24) is 4.90 Å². The first-order chi connectivity index (χ1) is 14.5. The van der Waals surface area contributed by atoms with Gasteiger partial charge < -0.3 is 15.1 Å². The van der Waals surface area contributed by atoms with Crippen molar-refractivity contribution >= 4 is 29.1 Å². The van der Waals surface area contributed by atoms with Crippen LogP contribution in [0.4, 0.5) is 11.4 Å². The lowest BCUT2D eigenvalue weighted by Gasteiger charge is -2.32. The van der Waals surface area contributed by atoms with Crippen LogP contribution in [0.3, 0.4) is 0 Å². The van der Waals surface area contributed by atoms with Crippen LogP contribution in [0.5, 0.6) is 0 Å². The summed E-state index contributed by atoms with van der Waals surface area (Å²) in [6.07, 6.45) is 2.72. The number of likely N-dealkylation sites (tertiary alicyclic amines) is 1. The number of carbonyl (C=O) groups excluding carboxylic acids is 3. The molecule has 0 aromatic heterocycles. The van der Waals surface area contributed by atoms with E-state index in [0.29, 0.717) is 19.6 Å². The molecule has 156 valence electrons. The summed E-state index contributed by atoms with van der Waals surface area (Å²) < 4.78 is 0. The number of amides is 3. The van der Waals surface area contributed by atoms with E-state index in [2.05, 4.69) is 17.4 Å². The summed E-state index contributed by atoms with van der Waals surface area (Å²) in [5, 5.41) is 2.87. The predicted octanol–water partition coefficient (Wildman–Crippen LogP) is 3.02. The highest BCUT2D eigenvalue weighted by Crippen LogP contribution is 2.34. The summed E-state index contributed by atoms with van der Waals surface area (Å²) in [4.78, 5) is 41.0. The molecule has 1 saturated heterocycles. The van der Waals surface area contributed by atoms with E-state index >= 15 is 0 Å². The Labute approximate surface area is 176 Å². The zero-order chi connectivity index (χ0) is 21.1. The highest BCUT2D eigenvalue weighted by Gasteiger charge is 2.38. The second-order valence-corrected chi connectivity index (χ2v) is 8.05. The van der Waals surface area contributed by atoms with Crippen LogP contribution in [0.1, 0.15) is 30.9 Å². The molecule has 0 saturated carbocycles. The van der Waals surface area contributed by atoms with Gasteiger partial charge in [0.15, 0.2) is 0 Å². The Morgan fingerprint density at radius 3 is 2.67 bits per heavy atom. The molecule has 1 fully saturated rings. The Kier molecular flexibility index (Phi) is 5.84. The Balaban J connectivity index is 1.45. The molecule has 2 heterocycles. The van der Waals surface area contributed by atoms with Crippen LogP contribution < -0.4 is 10.2 Å². The first-order valence-electron chi connectivity index (χ1n) is 10.6. The van der Waals surface area contributed by atoms with Crippen LogP contribution in [0.2, 0.25) is 0 Å². The van der Waals surface area contributed by atoms with Gasteiger partial charge in [0.25, 0.3) is 0 Å². The smallest absolute Gasteiger partial charge is 0.232 e. The third-order valence-electron chi connectivity index (χ3n) is 5.90. The highest BCUT2D eigenvalue weighted by atomic mass is 16.2. The number of rotatable bonds is 5. The number of hydrogen-bond acceptors (Lipinski definition) is 3. The van der Waals surface area contributed by atoms with Crippen molar-refractivity contribution in [3.8, 4) is 0 Å². The fourth-order valence-corrected chi connectivity index (χ4v) is 4.44. The minimum atomic E-state index is -0.316. The Hall–Kier alpha value is -3.15. The molecule has 1 N–H and O–H groups in total. The number of carbonyl (C=O) groups is 3. The molecule has 0 aliphatic carbocycles. The summed E-state index contributed by atoms with van der Waals surface area (Å²) in [5.74, 6) is -0.383. The van der Waals surface area contributed by atoms with Gasteiger partial charge in [-0.1, -0.05) is 36.4 Å². The number of anilines is 2. The third-order valence-corrected chi connectivity index (χ3v) is 5.90.